The summed E-state index contributed by atoms with van der Waals surface area (Å²) in [5, 5.41) is 2.74. The number of nitrogens with one attached hydrogen (secondary N) is 2. The van der Waals surface area contributed by atoms with Crippen LogP contribution in [0.1, 0.15) is 11.1 Å². The predicted molar refractivity (Wildman–Crippen MR) is 94.8 cm³/mol. The van der Waals surface area contributed by atoms with Gasteiger partial charge in [-0.3, -0.25) is 4.79 Å². The standard InChI is InChI=1S/C18H19FN2O3S/c1-20-25(23,24)17-9-4-14(5-10-17)6-11-18(22)21-13-12-15-2-7-16(19)8-3-15/h2-11,20H,12-13H2,1H3,(H,21,22)/b11-6+. The van der Waals surface area contributed by atoms with Gasteiger partial charge in [-0.15, -0.1) is 0 Å². The van der Waals surface area contributed by atoms with E-state index in [0.29, 0.717) is 18.5 Å². The highest BCUT2D eigenvalue weighted by molar-refractivity contribution is 7.89. The van der Waals surface area contributed by atoms with Crippen LogP contribution in [-0.4, -0.2) is 27.9 Å². The van der Waals surface area contributed by atoms with Crippen LogP contribution < -0.4 is 10.0 Å². The number of hydrogen-bond acceptors (Lipinski definition) is 3. The molecule has 0 saturated heterocycles. The molecule has 25 heavy (non-hydrogen) atoms. The average Bonchev–Trinajstić information content (AvgIpc) is 2.62. The van der Waals surface area contributed by atoms with Gasteiger partial charge >= 0.3 is 0 Å². The van der Waals surface area contributed by atoms with Crippen molar-refractivity contribution in [3.63, 3.8) is 0 Å². The van der Waals surface area contributed by atoms with Crippen LogP contribution in [0.5, 0.6) is 0 Å². The molecule has 132 valence electrons. The van der Waals surface area contributed by atoms with Crippen molar-refractivity contribution in [3.8, 4) is 0 Å². The van der Waals surface area contributed by atoms with Gasteiger partial charge in [0.05, 0.1) is 4.90 Å². The summed E-state index contributed by atoms with van der Waals surface area (Å²) in [6, 6.07) is 12.3. The third-order valence-corrected chi connectivity index (χ3v) is 4.94. The SMILES string of the molecule is CNS(=O)(=O)c1ccc(/C=C/C(=O)NCCc2ccc(F)cc2)cc1. The molecule has 2 N–H and O–H groups in total. The van der Waals surface area contributed by atoms with Gasteiger partial charge in [0.1, 0.15) is 5.82 Å². The van der Waals surface area contributed by atoms with Crippen LogP contribution in [0.3, 0.4) is 0 Å². The molecule has 0 aliphatic carbocycles. The van der Waals surface area contributed by atoms with E-state index in [1.54, 1.807) is 30.3 Å². The van der Waals surface area contributed by atoms with Crippen molar-refractivity contribution in [1.82, 2.24) is 10.0 Å². The van der Waals surface area contributed by atoms with Gasteiger partial charge in [-0.2, -0.15) is 0 Å². The zero-order chi connectivity index (χ0) is 18.3. The highest BCUT2D eigenvalue weighted by atomic mass is 32.2. The number of amides is 1. The Balaban J connectivity index is 1.84. The highest BCUT2D eigenvalue weighted by Gasteiger charge is 2.09. The van der Waals surface area contributed by atoms with E-state index < -0.39 is 10.0 Å². The summed E-state index contributed by atoms with van der Waals surface area (Å²) in [6.45, 7) is 0.439. The first kappa shape index (κ1) is 18.8. The minimum atomic E-state index is -3.46. The fourth-order valence-corrected chi connectivity index (χ4v) is 2.82. The number of sulfonamides is 1. The second-order valence-corrected chi connectivity index (χ2v) is 7.16. The molecule has 5 nitrogen and oxygen atoms in total. The lowest BCUT2D eigenvalue weighted by Crippen LogP contribution is -2.23. The summed E-state index contributed by atoms with van der Waals surface area (Å²) in [6.07, 6.45) is 3.59. The molecule has 2 aromatic carbocycles. The zero-order valence-electron chi connectivity index (χ0n) is 13.7. The number of benzene rings is 2. The quantitative estimate of drug-likeness (QED) is 0.741. The highest BCUT2D eigenvalue weighted by Crippen LogP contribution is 2.11. The maximum Gasteiger partial charge on any atom is 0.244 e. The molecule has 0 spiro atoms. The summed E-state index contributed by atoms with van der Waals surface area (Å²) in [7, 11) is -2.12. The molecule has 0 atom stereocenters. The molecule has 1 amide bonds. The van der Waals surface area contributed by atoms with E-state index in [-0.39, 0.29) is 16.6 Å². The van der Waals surface area contributed by atoms with Gasteiger partial charge in [-0.1, -0.05) is 24.3 Å². The van der Waals surface area contributed by atoms with Gasteiger partial charge in [0, 0.05) is 12.6 Å². The summed E-state index contributed by atoms with van der Waals surface area (Å²) in [5.74, 6) is -0.543. The van der Waals surface area contributed by atoms with Gasteiger partial charge < -0.3 is 5.32 Å². The summed E-state index contributed by atoms with van der Waals surface area (Å²) < 4.78 is 38.3. The topological polar surface area (TPSA) is 75.3 Å². The van der Waals surface area contributed by atoms with E-state index >= 15 is 0 Å². The first-order valence-corrected chi connectivity index (χ1v) is 9.13. The van der Waals surface area contributed by atoms with Crippen molar-refractivity contribution >= 4 is 22.0 Å². The second-order valence-electron chi connectivity index (χ2n) is 5.28. The van der Waals surface area contributed by atoms with Crippen LogP contribution in [0, 0.1) is 5.82 Å². The molecule has 0 aliphatic rings. The monoisotopic (exact) mass is 362 g/mol. The van der Waals surface area contributed by atoms with E-state index in [2.05, 4.69) is 10.0 Å². The summed E-state index contributed by atoms with van der Waals surface area (Å²) in [4.78, 5) is 11.9. The van der Waals surface area contributed by atoms with Gasteiger partial charge in [0.15, 0.2) is 0 Å². The molecule has 7 heteroatoms. The third-order valence-electron chi connectivity index (χ3n) is 3.51. The molecule has 0 aromatic heterocycles. The molecular formula is C18H19FN2O3S. The fraction of sp³-hybridized carbons (Fsp3) is 0.167. The zero-order valence-corrected chi connectivity index (χ0v) is 14.5. The summed E-state index contributed by atoms with van der Waals surface area (Å²) in [5.41, 5.74) is 1.65. The van der Waals surface area contributed by atoms with Gasteiger partial charge in [-0.25, -0.2) is 17.5 Å². The van der Waals surface area contributed by atoms with Gasteiger partial charge in [-0.05, 0) is 54.9 Å². The molecule has 0 heterocycles. The molecule has 0 aliphatic heterocycles. The maximum absolute atomic E-state index is 12.8. The van der Waals surface area contributed by atoms with Crippen LogP contribution in [0.25, 0.3) is 6.08 Å². The number of halogens is 1. The smallest absolute Gasteiger partial charge is 0.244 e. The molecule has 0 saturated carbocycles. The molecule has 0 radical (unpaired) electrons. The predicted octanol–water partition coefficient (Wildman–Crippen LogP) is 2.11. The Labute approximate surface area is 146 Å². The van der Waals surface area contributed by atoms with Crippen molar-refractivity contribution in [2.45, 2.75) is 11.3 Å². The lowest BCUT2D eigenvalue weighted by Gasteiger charge is -2.03. The van der Waals surface area contributed by atoms with Gasteiger partial charge in [0.25, 0.3) is 0 Å². The normalized spacial score (nSPS) is 11.6. The second kappa shape index (κ2) is 8.55. The first-order chi connectivity index (χ1) is 11.9. The van der Waals surface area contributed by atoms with E-state index in [0.717, 1.165) is 5.56 Å². The van der Waals surface area contributed by atoms with E-state index in [9.17, 15) is 17.6 Å². The fourth-order valence-electron chi connectivity index (χ4n) is 2.09. The minimum Gasteiger partial charge on any atom is -0.352 e. The van der Waals surface area contributed by atoms with Crippen LogP contribution in [0.15, 0.2) is 59.5 Å². The van der Waals surface area contributed by atoms with E-state index in [4.69, 9.17) is 0 Å². The third kappa shape index (κ3) is 5.81. The first-order valence-electron chi connectivity index (χ1n) is 7.65. The van der Waals surface area contributed by atoms with E-state index in [1.165, 1.54) is 37.4 Å². The number of carbonyl (C=O) groups is 1. The van der Waals surface area contributed by atoms with Crippen molar-refractivity contribution in [2.24, 2.45) is 0 Å². The van der Waals surface area contributed by atoms with Crippen LogP contribution in [-0.2, 0) is 21.2 Å². The Morgan fingerprint density at radius 1 is 1.08 bits per heavy atom. The summed E-state index contributed by atoms with van der Waals surface area (Å²) >= 11 is 0. The number of carbonyl (C=O) groups excluding carboxylic acids is 1. The van der Waals surface area contributed by atoms with Crippen molar-refractivity contribution < 1.29 is 17.6 Å². The van der Waals surface area contributed by atoms with Crippen LogP contribution >= 0.6 is 0 Å². The largest absolute Gasteiger partial charge is 0.352 e. The Kier molecular flexibility index (Phi) is 6.44. The lowest BCUT2D eigenvalue weighted by atomic mass is 10.1. The Bertz CT molecular complexity index is 845. The lowest BCUT2D eigenvalue weighted by molar-refractivity contribution is -0.116. The average molecular weight is 362 g/mol. The van der Waals surface area contributed by atoms with Crippen molar-refractivity contribution in [1.29, 1.82) is 0 Å². The minimum absolute atomic E-state index is 0.163. The molecule has 0 bridgehead atoms. The van der Waals surface area contributed by atoms with Crippen LogP contribution in [0.2, 0.25) is 0 Å². The van der Waals surface area contributed by atoms with Crippen molar-refractivity contribution in [2.75, 3.05) is 13.6 Å². The molecule has 0 fully saturated rings. The molecular weight excluding hydrogens is 343 g/mol. The maximum atomic E-state index is 12.8. The Morgan fingerprint density at radius 3 is 2.32 bits per heavy atom. The van der Waals surface area contributed by atoms with Gasteiger partial charge in [0.2, 0.25) is 15.9 Å². The molecule has 2 aromatic rings. The number of hydrogen-bond donors (Lipinski definition) is 2. The molecule has 0 unspecified atom stereocenters. The number of rotatable bonds is 7. The van der Waals surface area contributed by atoms with Crippen LogP contribution in [0.4, 0.5) is 4.39 Å². The molecule has 2 rings (SSSR count). The Hall–Kier alpha value is -2.51. The van der Waals surface area contributed by atoms with E-state index in [1.807, 2.05) is 0 Å². The Morgan fingerprint density at radius 2 is 1.72 bits per heavy atom. The van der Waals surface area contributed by atoms with Crippen molar-refractivity contribution in [3.05, 3.63) is 71.6 Å².